The van der Waals surface area contributed by atoms with Gasteiger partial charge in [0.15, 0.2) is 5.16 Å². The number of carbonyl (C=O) groups is 1. The Morgan fingerprint density at radius 2 is 2.35 bits per heavy atom. The predicted octanol–water partition coefficient (Wildman–Crippen LogP) is 3.00. The van der Waals surface area contributed by atoms with E-state index in [1.807, 2.05) is 18.5 Å². The number of aryl methyl sites for hydroxylation is 2. The van der Waals surface area contributed by atoms with E-state index < -0.39 is 5.97 Å². The SMILES string of the molecule is CCc1cnc(SCC(=O)O)n1C(C)c1nc(C)cs1. The summed E-state index contributed by atoms with van der Waals surface area (Å²) < 4.78 is 2.09. The third kappa shape index (κ3) is 3.21. The summed E-state index contributed by atoms with van der Waals surface area (Å²) in [5.74, 6) is -0.815. The lowest BCUT2D eigenvalue weighted by Crippen LogP contribution is -2.12. The molecule has 0 bridgehead atoms. The molecule has 0 aliphatic rings. The Kier molecular flexibility index (Phi) is 4.82. The molecule has 1 atom stereocenters. The third-order valence-electron chi connectivity index (χ3n) is 2.91. The second-order valence-corrected chi connectivity index (χ2v) is 6.27. The quantitative estimate of drug-likeness (QED) is 0.831. The van der Waals surface area contributed by atoms with Crippen LogP contribution in [0, 0.1) is 6.92 Å². The molecule has 1 N–H and O–H groups in total. The van der Waals surface area contributed by atoms with E-state index in [0.29, 0.717) is 0 Å². The fraction of sp³-hybridized carbons (Fsp3) is 0.462. The molecule has 0 aliphatic carbocycles. The van der Waals surface area contributed by atoms with E-state index in [4.69, 9.17) is 5.11 Å². The van der Waals surface area contributed by atoms with Crippen LogP contribution in [0.1, 0.15) is 36.3 Å². The standard InChI is InChI=1S/C13H17N3O2S2/c1-4-10-5-14-13(20-7-11(17)18)16(10)9(3)12-15-8(2)6-19-12/h5-6,9H,4,7H2,1-3H3,(H,17,18). The molecular weight excluding hydrogens is 294 g/mol. The molecule has 2 aromatic heterocycles. The highest BCUT2D eigenvalue weighted by atomic mass is 32.2. The lowest BCUT2D eigenvalue weighted by atomic mass is 10.3. The van der Waals surface area contributed by atoms with E-state index in [-0.39, 0.29) is 11.8 Å². The van der Waals surface area contributed by atoms with E-state index in [1.54, 1.807) is 11.3 Å². The number of thioether (sulfide) groups is 1. The zero-order valence-electron chi connectivity index (χ0n) is 11.7. The maximum Gasteiger partial charge on any atom is 0.313 e. The number of hydrogen-bond donors (Lipinski definition) is 1. The second-order valence-electron chi connectivity index (χ2n) is 4.44. The van der Waals surface area contributed by atoms with E-state index in [9.17, 15) is 4.79 Å². The van der Waals surface area contributed by atoms with Gasteiger partial charge in [0.1, 0.15) is 5.01 Å². The van der Waals surface area contributed by atoms with Crippen LogP contribution in [-0.4, -0.2) is 31.4 Å². The van der Waals surface area contributed by atoms with Crippen LogP contribution in [-0.2, 0) is 11.2 Å². The van der Waals surface area contributed by atoms with E-state index >= 15 is 0 Å². The molecule has 0 spiro atoms. The van der Waals surface area contributed by atoms with Crippen LogP contribution in [0.25, 0.3) is 0 Å². The van der Waals surface area contributed by atoms with Crippen molar-refractivity contribution in [2.45, 2.75) is 38.4 Å². The number of carboxylic acid groups (broad SMARTS) is 1. The molecule has 108 valence electrons. The fourth-order valence-electron chi connectivity index (χ4n) is 1.96. The van der Waals surface area contributed by atoms with Crippen molar-refractivity contribution >= 4 is 29.1 Å². The molecule has 0 radical (unpaired) electrons. The molecular formula is C13H17N3O2S2. The van der Waals surface area contributed by atoms with Crippen molar-refractivity contribution in [3.05, 3.63) is 28.0 Å². The fourth-order valence-corrected chi connectivity index (χ4v) is 3.60. The Bertz CT molecular complexity index is 607. The van der Waals surface area contributed by atoms with Crippen LogP contribution in [0.4, 0.5) is 0 Å². The van der Waals surface area contributed by atoms with Gasteiger partial charge in [-0.2, -0.15) is 0 Å². The van der Waals surface area contributed by atoms with Gasteiger partial charge in [0.25, 0.3) is 0 Å². The molecule has 5 nitrogen and oxygen atoms in total. The first-order valence-electron chi connectivity index (χ1n) is 6.35. The zero-order valence-corrected chi connectivity index (χ0v) is 13.3. The van der Waals surface area contributed by atoms with Crippen LogP contribution >= 0.6 is 23.1 Å². The Labute approximate surface area is 126 Å². The van der Waals surface area contributed by atoms with Gasteiger partial charge in [0.2, 0.25) is 0 Å². The lowest BCUT2D eigenvalue weighted by Gasteiger charge is -2.16. The second kappa shape index (κ2) is 6.41. The van der Waals surface area contributed by atoms with Gasteiger partial charge in [-0.15, -0.1) is 11.3 Å². The number of thiazole rings is 1. The molecule has 20 heavy (non-hydrogen) atoms. The highest BCUT2D eigenvalue weighted by Crippen LogP contribution is 2.29. The van der Waals surface area contributed by atoms with Gasteiger partial charge < -0.3 is 9.67 Å². The Morgan fingerprint density at radius 1 is 1.60 bits per heavy atom. The molecule has 0 aromatic carbocycles. The number of carboxylic acids is 1. The van der Waals surface area contributed by atoms with Gasteiger partial charge in [-0.25, -0.2) is 9.97 Å². The summed E-state index contributed by atoms with van der Waals surface area (Å²) in [5.41, 5.74) is 2.10. The Balaban J connectivity index is 2.32. The zero-order chi connectivity index (χ0) is 14.7. The van der Waals surface area contributed by atoms with Gasteiger partial charge in [0, 0.05) is 23.0 Å². The topological polar surface area (TPSA) is 68.0 Å². The lowest BCUT2D eigenvalue weighted by molar-refractivity contribution is -0.133. The summed E-state index contributed by atoms with van der Waals surface area (Å²) in [5, 5.41) is 12.6. The molecule has 0 saturated heterocycles. The van der Waals surface area contributed by atoms with Crippen LogP contribution in [0.3, 0.4) is 0 Å². The minimum absolute atomic E-state index is 0.0176. The number of nitrogens with zero attached hydrogens (tertiary/aromatic N) is 3. The summed E-state index contributed by atoms with van der Waals surface area (Å²) >= 11 is 2.87. The van der Waals surface area contributed by atoms with Gasteiger partial charge in [0.05, 0.1) is 11.8 Å². The summed E-state index contributed by atoms with van der Waals surface area (Å²) in [6, 6.07) is 0.0717. The van der Waals surface area contributed by atoms with Gasteiger partial charge >= 0.3 is 5.97 Å². The monoisotopic (exact) mass is 311 g/mol. The van der Waals surface area contributed by atoms with E-state index in [1.165, 1.54) is 11.8 Å². The molecule has 2 rings (SSSR count). The largest absolute Gasteiger partial charge is 0.481 e. The van der Waals surface area contributed by atoms with Crippen LogP contribution < -0.4 is 0 Å². The molecule has 0 aliphatic heterocycles. The number of rotatable bonds is 6. The highest BCUT2D eigenvalue weighted by Gasteiger charge is 2.19. The summed E-state index contributed by atoms with van der Waals surface area (Å²) in [6.07, 6.45) is 2.68. The molecule has 0 amide bonds. The van der Waals surface area contributed by atoms with Gasteiger partial charge in [-0.1, -0.05) is 18.7 Å². The average Bonchev–Trinajstić information content (AvgIpc) is 3.01. The Morgan fingerprint density at radius 3 is 2.90 bits per heavy atom. The van der Waals surface area contributed by atoms with Gasteiger partial charge in [-0.3, -0.25) is 4.79 Å². The van der Waals surface area contributed by atoms with Crippen molar-refractivity contribution in [3.63, 3.8) is 0 Å². The molecule has 7 heteroatoms. The molecule has 2 aromatic rings. The molecule has 1 unspecified atom stereocenters. The van der Waals surface area contributed by atoms with Crippen LogP contribution in [0.15, 0.2) is 16.7 Å². The first-order chi connectivity index (χ1) is 9.52. The minimum Gasteiger partial charge on any atom is -0.481 e. The number of imidazole rings is 1. The summed E-state index contributed by atoms with van der Waals surface area (Å²) in [4.78, 5) is 19.6. The summed E-state index contributed by atoms with van der Waals surface area (Å²) in [7, 11) is 0. The van der Waals surface area contributed by atoms with Gasteiger partial charge in [-0.05, 0) is 20.3 Å². The van der Waals surface area contributed by atoms with Crippen molar-refractivity contribution in [1.29, 1.82) is 0 Å². The normalized spacial score (nSPS) is 12.6. The molecule has 2 heterocycles. The summed E-state index contributed by atoms with van der Waals surface area (Å²) in [6.45, 7) is 6.12. The molecule has 0 fully saturated rings. The smallest absolute Gasteiger partial charge is 0.313 e. The Hall–Kier alpha value is -1.34. The van der Waals surface area contributed by atoms with E-state index in [2.05, 4.69) is 28.4 Å². The number of aliphatic carboxylic acids is 1. The van der Waals surface area contributed by atoms with E-state index in [0.717, 1.165) is 28.0 Å². The number of aromatic nitrogens is 3. The third-order valence-corrected chi connectivity index (χ3v) is 4.99. The first-order valence-corrected chi connectivity index (χ1v) is 8.22. The van der Waals surface area contributed by atoms with Crippen LogP contribution in [0.2, 0.25) is 0 Å². The van der Waals surface area contributed by atoms with Crippen LogP contribution in [0.5, 0.6) is 0 Å². The van der Waals surface area contributed by atoms with Crippen molar-refractivity contribution in [3.8, 4) is 0 Å². The maximum atomic E-state index is 10.7. The van der Waals surface area contributed by atoms with Crippen molar-refractivity contribution in [2.24, 2.45) is 0 Å². The minimum atomic E-state index is -0.833. The molecule has 0 saturated carbocycles. The maximum absolute atomic E-state index is 10.7. The van der Waals surface area contributed by atoms with Crippen molar-refractivity contribution in [1.82, 2.24) is 14.5 Å². The predicted molar refractivity (Wildman–Crippen MR) is 80.6 cm³/mol. The van der Waals surface area contributed by atoms with Crippen molar-refractivity contribution < 1.29 is 9.90 Å². The highest BCUT2D eigenvalue weighted by molar-refractivity contribution is 7.99. The van der Waals surface area contributed by atoms with Crippen molar-refractivity contribution in [2.75, 3.05) is 5.75 Å². The average molecular weight is 311 g/mol. The first kappa shape index (κ1) is 15.1. The number of hydrogen-bond acceptors (Lipinski definition) is 5.